The first-order chi connectivity index (χ1) is 9.63. The van der Waals surface area contributed by atoms with Crippen molar-refractivity contribution in [3.8, 4) is 11.5 Å². The van der Waals surface area contributed by atoms with E-state index >= 15 is 0 Å². The van der Waals surface area contributed by atoms with Crippen molar-refractivity contribution in [2.75, 3.05) is 18.9 Å². The number of rotatable bonds is 2. The molecule has 0 atom stereocenters. The molecule has 1 aromatic heterocycles. The van der Waals surface area contributed by atoms with Gasteiger partial charge in [-0.15, -0.1) is 0 Å². The lowest BCUT2D eigenvalue weighted by molar-refractivity contribution is 0.297. The number of nitrogens with zero attached hydrogens (tertiary/aromatic N) is 1. The highest BCUT2D eigenvalue weighted by Crippen LogP contribution is 2.35. The highest BCUT2D eigenvalue weighted by Gasteiger charge is 2.14. The highest BCUT2D eigenvalue weighted by molar-refractivity contribution is 5.92. The molecular weight excluding hydrogens is 252 g/mol. The van der Waals surface area contributed by atoms with E-state index in [0.29, 0.717) is 19.1 Å². The van der Waals surface area contributed by atoms with Gasteiger partial charge in [0, 0.05) is 29.3 Å². The topological polar surface area (TPSA) is 57.4 Å². The van der Waals surface area contributed by atoms with E-state index in [4.69, 9.17) is 20.2 Å². The van der Waals surface area contributed by atoms with E-state index < -0.39 is 0 Å². The summed E-state index contributed by atoms with van der Waals surface area (Å²) in [5, 5.41) is 0.932. The van der Waals surface area contributed by atoms with E-state index in [2.05, 4.69) is 13.8 Å². The summed E-state index contributed by atoms with van der Waals surface area (Å²) in [6, 6.07) is 5.85. The van der Waals surface area contributed by atoms with Crippen molar-refractivity contribution in [3.63, 3.8) is 0 Å². The van der Waals surface area contributed by atoms with Crippen LogP contribution in [0, 0.1) is 5.92 Å². The summed E-state index contributed by atoms with van der Waals surface area (Å²) in [7, 11) is 0. The largest absolute Gasteiger partial charge is 0.490 e. The molecule has 0 saturated heterocycles. The van der Waals surface area contributed by atoms with Crippen LogP contribution >= 0.6 is 0 Å². The van der Waals surface area contributed by atoms with Crippen LogP contribution in [-0.2, 0) is 6.42 Å². The van der Waals surface area contributed by atoms with Crippen molar-refractivity contribution in [3.05, 3.63) is 23.9 Å². The SMILES string of the molecule is CC(C)Cc1cc(N)c2cc3c(cc2n1)OCCCO3. The van der Waals surface area contributed by atoms with Gasteiger partial charge in [0.2, 0.25) is 0 Å². The number of fused-ring (bicyclic) bond motifs is 2. The molecule has 106 valence electrons. The predicted molar refractivity (Wildman–Crippen MR) is 80.3 cm³/mol. The molecule has 4 heteroatoms. The van der Waals surface area contributed by atoms with Crippen LogP contribution < -0.4 is 15.2 Å². The molecule has 0 amide bonds. The van der Waals surface area contributed by atoms with Gasteiger partial charge >= 0.3 is 0 Å². The molecule has 0 bridgehead atoms. The first kappa shape index (κ1) is 13.0. The lowest BCUT2D eigenvalue weighted by Gasteiger charge is -2.12. The Bertz CT molecular complexity index is 638. The molecule has 0 spiro atoms. The van der Waals surface area contributed by atoms with Gasteiger partial charge in [0.05, 0.1) is 18.7 Å². The van der Waals surface area contributed by atoms with Gasteiger partial charge in [-0.05, 0) is 24.5 Å². The first-order valence-electron chi connectivity index (χ1n) is 7.12. The molecular formula is C16H20N2O2. The Balaban J connectivity index is 2.11. The molecule has 4 nitrogen and oxygen atoms in total. The minimum Gasteiger partial charge on any atom is -0.490 e. The molecule has 2 N–H and O–H groups in total. The third-order valence-corrected chi connectivity index (χ3v) is 3.38. The number of pyridine rings is 1. The number of hydrogen-bond donors (Lipinski definition) is 1. The van der Waals surface area contributed by atoms with Gasteiger partial charge in [-0.3, -0.25) is 4.98 Å². The van der Waals surface area contributed by atoms with E-state index in [1.54, 1.807) is 0 Å². The average Bonchev–Trinajstić information content (AvgIpc) is 2.60. The van der Waals surface area contributed by atoms with E-state index in [1.807, 2.05) is 18.2 Å². The summed E-state index contributed by atoms with van der Waals surface area (Å²) in [6.07, 6.45) is 1.82. The van der Waals surface area contributed by atoms with Gasteiger partial charge in [-0.1, -0.05) is 13.8 Å². The number of nitrogen functional groups attached to an aromatic ring is 1. The van der Waals surface area contributed by atoms with E-state index in [0.717, 1.165) is 46.6 Å². The van der Waals surface area contributed by atoms with E-state index in [-0.39, 0.29) is 0 Å². The predicted octanol–water partition coefficient (Wildman–Crippen LogP) is 3.18. The number of anilines is 1. The van der Waals surface area contributed by atoms with Crippen molar-refractivity contribution in [1.29, 1.82) is 0 Å². The fourth-order valence-corrected chi connectivity index (χ4v) is 2.49. The van der Waals surface area contributed by atoms with Crippen molar-refractivity contribution >= 4 is 16.6 Å². The maximum atomic E-state index is 6.17. The maximum absolute atomic E-state index is 6.17. The van der Waals surface area contributed by atoms with Gasteiger partial charge < -0.3 is 15.2 Å². The second-order valence-corrected chi connectivity index (χ2v) is 5.67. The molecule has 0 unspecified atom stereocenters. The molecule has 20 heavy (non-hydrogen) atoms. The Morgan fingerprint density at radius 3 is 2.55 bits per heavy atom. The number of benzene rings is 1. The molecule has 2 aromatic rings. The normalized spacial score (nSPS) is 14.6. The van der Waals surface area contributed by atoms with Crippen LogP contribution in [0.3, 0.4) is 0 Å². The van der Waals surface area contributed by atoms with Gasteiger partial charge in [-0.2, -0.15) is 0 Å². The molecule has 1 aliphatic rings. The second kappa shape index (κ2) is 5.19. The van der Waals surface area contributed by atoms with Crippen molar-refractivity contribution in [1.82, 2.24) is 4.98 Å². The van der Waals surface area contributed by atoms with Crippen molar-refractivity contribution in [2.24, 2.45) is 5.92 Å². The van der Waals surface area contributed by atoms with Crippen LogP contribution in [-0.4, -0.2) is 18.2 Å². The summed E-state index contributed by atoms with van der Waals surface area (Å²) >= 11 is 0. The minimum atomic E-state index is 0.555. The van der Waals surface area contributed by atoms with Gasteiger partial charge in [0.15, 0.2) is 11.5 Å². The number of hydrogen-bond acceptors (Lipinski definition) is 4. The Labute approximate surface area is 118 Å². The highest BCUT2D eigenvalue weighted by atomic mass is 16.5. The van der Waals surface area contributed by atoms with Crippen LogP contribution in [0.1, 0.15) is 26.0 Å². The summed E-state index contributed by atoms with van der Waals surface area (Å²) in [4.78, 5) is 4.70. The van der Waals surface area contributed by atoms with Crippen LogP contribution in [0.4, 0.5) is 5.69 Å². The molecule has 1 aliphatic heterocycles. The fourth-order valence-electron chi connectivity index (χ4n) is 2.49. The monoisotopic (exact) mass is 272 g/mol. The first-order valence-corrected chi connectivity index (χ1v) is 7.12. The quantitative estimate of drug-likeness (QED) is 0.912. The fraction of sp³-hybridized carbons (Fsp3) is 0.438. The molecule has 0 aliphatic carbocycles. The smallest absolute Gasteiger partial charge is 0.163 e. The third kappa shape index (κ3) is 2.50. The Hall–Kier alpha value is -1.97. The average molecular weight is 272 g/mol. The van der Waals surface area contributed by atoms with Crippen LogP contribution in [0.2, 0.25) is 0 Å². The number of nitrogens with two attached hydrogens (primary N) is 1. The number of ether oxygens (including phenoxy) is 2. The molecule has 0 radical (unpaired) electrons. The Morgan fingerprint density at radius 2 is 1.85 bits per heavy atom. The summed E-state index contributed by atoms with van der Waals surface area (Å²) < 4.78 is 11.4. The molecule has 2 heterocycles. The van der Waals surface area contributed by atoms with Gasteiger partial charge in [0.25, 0.3) is 0 Å². The molecule has 0 saturated carbocycles. The number of aromatic nitrogens is 1. The van der Waals surface area contributed by atoms with Gasteiger partial charge in [0.1, 0.15) is 0 Å². The lowest BCUT2D eigenvalue weighted by atomic mass is 10.1. The second-order valence-electron chi connectivity index (χ2n) is 5.67. The van der Waals surface area contributed by atoms with Crippen LogP contribution in [0.15, 0.2) is 18.2 Å². The standard InChI is InChI=1S/C16H20N2O2/c1-10(2)6-11-7-13(17)12-8-15-16(9-14(12)18-11)20-5-3-4-19-15/h7-10H,3-6H2,1-2H3,(H2,17,18). The van der Waals surface area contributed by atoms with Crippen molar-refractivity contribution < 1.29 is 9.47 Å². The summed E-state index contributed by atoms with van der Waals surface area (Å²) in [5.74, 6) is 2.09. The molecule has 1 aromatic carbocycles. The Morgan fingerprint density at radius 1 is 1.15 bits per heavy atom. The summed E-state index contributed by atoms with van der Waals surface area (Å²) in [5.41, 5.74) is 8.83. The van der Waals surface area contributed by atoms with E-state index in [1.165, 1.54) is 0 Å². The van der Waals surface area contributed by atoms with Crippen LogP contribution in [0.5, 0.6) is 11.5 Å². The zero-order chi connectivity index (χ0) is 14.1. The molecule has 3 rings (SSSR count). The zero-order valence-electron chi connectivity index (χ0n) is 12.0. The molecule has 0 fully saturated rings. The third-order valence-electron chi connectivity index (χ3n) is 3.38. The maximum Gasteiger partial charge on any atom is 0.163 e. The Kier molecular flexibility index (Phi) is 3.38. The van der Waals surface area contributed by atoms with Crippen molar-refractivity contribution in [2.45, 2.75) is 26.7 Å². The lowest BCUT2D eigenvalue weighted by Crippen LogP contribution is -2.01. The zero-order valence-corrected chi connectivity index (χ0v) is 12.0. The van der Waals surface area contributed by atoms with Gasteiger partial charge in [-0.25, -0.2) is 0 Å². The van der Waals surface area contributed by atoms with E-state index in [9.17, 15) is 0 Å². The minimum absolute atomic E-state index is 0.555. The van der Waals surface area contributed by atoms with Crippen LogP contribution in [0.25, 0.3) is 10.9 Å². The summed E-state index contributed by atoms with van der Waals surface area (Å²) in [6.45, 7) is 5.71.